The molecular formula is C14H16F4N2O2. The predicted octanol–water partition coefficient (Wildman–Crippen LogP) is 2.43. The van der Waals surface area contributed by atoms with E-state index in [0.29, 0.717) is 18.4 Å². The maximum atomic E-state index is 13.2. The van der Waals surface area contributed by atoms with E-state index in [9.17, 15) is 22.4 Å². The van der Waals surface area contributed by atoms with Gasteiger partial charge in [0.25, 0.3) is 0 Å². The molecule has 122 valence electrons. The second kappa shape index (κ2) is 6.51. The van der Waals surface area contributed by atoms with E-state index in [1.54, 1.807) is 6.07 Å². The Hall–Kier alpha value is -1.83. The maximum Gasteiger partial charge on any atom is 0.414 e. The third kappa shape index (κ3) is 4.09. The molecule has 0 fully saturated rings. The van der Waals surface area contributed by atoms with Gasteiger partial charge in [0, 0.05) is 6.54 Å². The van der Waals surface area contributed by atoms with Crippen molar-refractivity contribution in [3.8, 4) is 0 Å². The van der Waals surface area contributed by atoms with Crippen molar-refractivity contribution in [2.75, 3.05) is 6.54 Å². The molecule has 2 rings (SSSR count). The number of carbonyl (C=O) groups excluding carboxylic acids is 1. The standard InChI is InChI=1S/C14H16F4N2O2/c15-9-3-1-8-2-4-11(10(8)7-9)20-13(22)19-6-5-12(21)14(16,17)18/h1,3,7,11-12,21H,2,4-6H2,(H2,19,20,22)/t11-,12-/m1/s1. The normalized spacial score (nSPS) is 18.7. The van der Waals surface area contributed by atoms with Gasteiger partial charge in [-0.1, -0.05) is 6.07 Å². The molecule has 0 radical (unpaired) electrons. The summed E-state index contributed by atoms with van der Waals surface area (Å²) in [6.07, 6.45) is -6.47. The molecule has 0 heterocycles. The minimum absolute atomic E-state index is 0.310. The van der Waals surface area contributed by atoms with E-state index in [1.165, 1.54) is 12.1 Å². The zero-order chi connectivity index (χ0) is 16.3. The molecule has 22 heavy (non-hydrogen) atoms. The average Bonchev–Trinajstić information content (AvgIpc) is 2.80. The molecule has 0 unspecified atom stereocenters. The summed E-state index contributed by atoms with van der Waals surface area (Å²) in [4.78, 5) is 11.6. The number of hydrogen-bond acceptors (Lipinski definition) is 2. The van der Waals surface area contributed by atoms with Crippen LogP contribution in [-0.2, 0) is 6.42 Å². The zero-order valence-electron chi connectivity index (χ0n) is 11.6. The van der Waals surface area contributed by atoms with E-state index >= 15 is 0 Å². The lowest BCUT2D eigenvalue weighted by atomic mass is 10.1. The van der Waals surface area contributed by atoms with Crippen LogP contribution in [0, 0.1) is 5.82 Å². The molecule has 0 saturated heterocycles. The van der Waals surface area contributed by atoms with Crippen molar-refractivity contribution in [1.82, 2.24) is 10.6 Å². The Morgan fingerprint density at radius 1 is 1.41 bits per heavy atom. The van der Waals surface area contributed by atoms with Gasteiger partial charge in [-0.15, -0.1) is 0 Å². The van der Waals surface area contributed by atoms with Gasteiger partial charge in [-0.3, -0.25) is 0 Å². The molecule has 1 aromatic carbocycles. The number of halogens is 4. The number of benzene rings is 1. The number of carbonyl (C=O) groups is 1. The smallest absolute Gasteiger partial charge is 0.384 e. The van der Waals surface area contributed by atoms with E-state index < -0.39 is 30.5 Å². The van der Waals surface area contributed by atoms with Crippen molar-refractivity contribution >= 4 is 6.03 Å². The Labute approximate surface area is 124 Å². The number of fused-ring (bicyclic) bond motifs is 1. The van der Waals surface area contributed by atoms with Crippen LogP contribution in [0.25, 0.3) is 0 Å². The summed E-state index contributed by atoms with van der Waals surface area (Å²) in [6.45, 7) is -0.310. The van der Waals surface area contributed by atoms with Gasteiger partial charge in [0.15, 0.2) is 6.10 Å². The van der Waals surface area contributed by atoms with Gasteiger partial charge < -0.3 is 15.7 Å². The van der Waals surface area contributed by atoms with E-state index in [0.717, 1.165) is 5.56 Å². The Morgan fingerprint density at radius 2 is 2.14 bits per heavy atom. The SMILES string of the molecule is O=C(NCC[C@@H](O)C(F)(F)F)N[C@@H]1CCc2ccc(F)cc21. The van der Waals surface area contributed by atoms with E-state index in [-0.39, 0.29) is 12.6 Å². The van der Waals surface area contributed by atoms with Crippen LogP contribution in [-0.4, -0.2) is 30.0 Å². The predicted molar refractivity (Wildman–Crippen MR) is 70.7 cm³/mol. The number of nitrogens with one attached hydrogen (secondary N) is 2. The lowest BCUT2D eigenvalue weighted by Gasteiger charge is -2.17. The summed E-state index contributed by atoms with van der Waals surface area (Å²) in [7, 11) is 0. The first-order valence-corrected chi connectivity index (χ1v) is 6.85. The first-order chi connectivity index (χ1) is 10.3. The molecule has 0 spiro atoms. The fourth-order valence-corrected chi connectivity index (χ4v) is 2.42. The molecule has 1 aliphatic carbocycles. The second-order valence-electron chi connectivity index (χ2n) is 5.18. The monoisotopic (exact) mass is 320 g/mol. The van der Waals surface area contributed by atoms with E-state index in [2.05, 4.69) is 10.6 Å². The molecule has 0 saturated carbocycles. The number of aliphatic hydroxyl groups excluding tert-OH is 1. The van der Waals surface area contributed by atoms with Crippen LogP contribution in [0.1, 0.15) is 30.0 Å². The molecule has 8 heteroatoms. The third-order valence-electron chi connectivity index (χ3n) is 3.57. The summed E-state index contributed by atoms with van der Waals surface area (Å²) >= 11 is 0. The van der Waals surface area contributed by atoms with Gasteiger partial charge in [-0.2, -0.15) is 13.2 Å². The third-order valence-corrected chi connectivity index (χ3v) is 3.57. The lowest BCUT2D eigenvalue weighted by molar-refractivity contribution is -0.204. The van der Waals surface area contributed by atoms with Crippen LogP contribution in [0.5, 0.6) is 0 Å². The van der Waals surface area contributed by atoms with Crippen molar-refractivity contribution in [2.45, 2.75) is 37.6 Å². The van der Waals surface area contributed by atoms with E-state index in [4.69, 9.17) is 5.11 Å². The molecule has 0 aliphatic heterocycles. The minimum Gasteiger partial charge on any atom is -0.384 e. The highest BCUT2D eigenvalue weighted by atomic mass is 19.4. The summed E-state index contributed by atoms with van der Waals surface area (Å²) < 4.78 is 49.5. The Balaban J connectivity index is 1.81. The molecular weight excluding hydrogens is 304 g/mol. The number of aryl methyl sites for hydroxylation is 1. The quantitative estimate of drug-likeness (QED) is 0.746. The van der Waals surface area contributed by atoms with Crippen LogP contribution >= 0.6 is 0 Å². The first kappa shape index (κ1) is 16.5. The number of rotatable bonds is 4. The molecule has 1 aliphatic rings. The molecule has 2 atom stereocenters. The second-order valence-corrected chi connectivity index (χ2v) is 5.18. The lowest BCUT2D eigenvalue weighted by Crippen LogP contribution is -2.40. The van der Waals surface area contributed by atoms with Crippen molar-refractivity contribution in [1.29, 1.82) is 0 Å². The Kier molecular flexibility index (Phi) is 4.90. The Morgan fingerprint density at radius 3 is 2.82 bits per heavy atom. The molecule has 3 N–H and O–H groups in total. The van der Waals surface area contributed by atoms with Crippen LogP contribution in [0.15, 0.2) is 18.2 Å². The van der Waals surface area contributed by atoms with E-state index in [1.807, 2.05) is 0 Å². The number of aliphatic hydroxyl groups is 1. The topological polar surface area (TPSA) is 61.4 Å². The largest absolute Gasteiger partial charge is 0.414 e. The van der Waals surface area contributed by atoms with Gasteiger partial charge in [0.2, 0.25) is 0 Å². The fraction of sp³-hybridized carbons (Fsp3) is 0.500. The zero-order valence-corrected chi connectivity index (χ0v) is 11.6. The average molecular weight is 320 g/mol. The van der Waals surface area contributed by atoms with Gasteiger partial charge in [0.05, 0.1) is 6.04 Å². The highest BCUT2D eigenvalue weighted by molar-refractivity contribution is 5.74. The summed E-state index contributed by atoms with van der Waals surface area (Å²) in [5, 5.41) is 13.7. The fourth-order valence-electron chi connectivity index (χ4n) is 2.42. The van der Waals surface area contributed by atoms with Gasteiger partial charge in [0.1, 0.15) is 5.82 Å². The molecule has 2 amide bonds. The van der Waals surface area contributed by atoms with Crippen LogP contribution in [0.3, 0.4) is 0 Å². The Bertz CT molecular complexity index is 548. The number of amides is 2. The van der Waals surface area contributed by atoms with Crippen molar-refractivity contribution in [3.63, 3.8) is 0 Å². The number of hydrogen-bond donors (Lipinski definition) is 3. The van der Waals surface area contributed by atoms with Gasteiger partial charge >= 0.3 is 12.2 Å². The molecule has 0 aromatic heterocycles. The maximum absolute atomic E-state index is 13.2. The van der Waals surface area contributed by atoms with Gasteiger partial charge in [-0.05, 0) is 42.5 Å². The van der Waals surface area contributed by atoms with Crippen LogP contribution < -0.4 is 10.6 Å². The highest BCUT2D eigenvalue weighted by Crippen LogP contribution is 2.31. The summed E-state index contributed by atoms with van der Waals surface area (Å²) in [5.74, 6) is -0.402. The summed E-state index contributed by atoms with van der Waals surface area (Å²) in [5.41, 5.74) is 1.63. The molecule has 4 nitrogen and oxygen atoms in total. The van der Waals surface area contributed by atoms with Gasteiger partial charge in [-0.25, -0.2) is 9.18 Å². The highest BCUT2D eigenvalue weighted by Gasteiger charge is 2.37. The van der Waals surface area contributed by atoms with Crippen LogP contribution in [0.2, 0.25) is 0 Å². The van der Waals surface area contributed by atoms with Crippen LogP contribution in [0.4, 0.5) is 22.4 Å². The minimum atomic E-state index is -4.69. The molecule has 1 aromatic rings. The van der Waals surface area contributed by atoms with Crippen molar-refractivity contribution in [2.24, 2.45) is 0 Å². The number of alkyl halides is 3. The number of urea groups is 1. The van der Waals surface area contributed by atoms with Crippen molar-refractivity contribution < 1.29 is 27.5 Å². The van der Waals surface area contributed by atoms with Crippen molar-refractivity contribution in [3.05, 3.63) is 35.1 Å². The summed E-state index contributed by atoms with van der Waals surface area (Å²) in [6, 6.07) is 3.35. The molecule has 0 bridgehead atoms. The first-order valence-electron chi connectivity index (χ1n) is 6.85.